The summed E-state index contributed by atoms with van der Waals surface area (Å²) in [5, 5.41) is 24.0. The van der Waals surface area contributed by atoms with Crippen LogP contribution < -0.4 is 0 Å². The Morgan fingerprint density at radius 2 is 1.71 bits per heavy atom. The summed E-state index contributed by atoms with van der Waals surface area (Å²) in [5.41, 5.74) is 2.97. The number of aliphatic imine (C=N–C) groups is 1. The van der Waals surface area contributed by atoms with Gasteiger partial charge in [-0.25, -0.2) is 4.79 Å². The highest BCUT2D eigenvalue weighted by Crippen LogP contribution is 2.44. The van der Waals surface area contributed by atoms with Gasteiger partial charge in [-0.15, -0.1) is 0 Å². The van der Waals surface area contributed by atoms with Crippen molar-refractivity contribution in [2.45, 2.75) is 180 Å². The molecular formula is C52H78N2O11. The highest BCUT2D eigenvalue weighted by molar-refractivity contribution is 6.39. The van der Waals surface area contributed by atoms with Crippen LogP contribution in [0.15, 0.2) is 58.6 Å². The fraction of sp³-hybridized carbons (Fsp3) is 0.712. The number of Topliss-reactive ketones (excluding diaryl/α,β-unsaturated/α-hetero) is 2. The van der Waals surface area contributed by atoms with Crippen molar-refractivity contribution in [3.05, 3.63) is 59.2 Å². The zero-order valence-corrected chi connectivity index (χ0v) is 40.5. The highest BCUT2D eigenvalue weighted by atomic mass is 16.8. The minimum absolute atomic E-state index is 0.00333. The fourth-order valence-electron chi connectivity index (χ4n) is 10.6. The van der Waals surface area contributed by atoms with Gasteiger partial charge in [-0.2, -0.15) is 0 Å². The zero-order chi connectivity index (χ0) is 47.5. The van der Waals surface area contributed by atoms with Gasteiger partial charge in [-0.1, -0.05) is 75.8 Å². The zero-order valence-electron chi connectivity index (χ0n) is 40.5. The number of rotatable bonds is 10. The van der Waals surface area contributed by atoms with Crippen LogP contribution in [0, 0.1) is 29.6 Å². The number of carbonyl (C=O) groups excluding carboxylic acids is 4. The minimum Gasteiger partial charge on any atom is -0.456 e. The Kier molecular flexibility index (Phi) is 19.3. The molecule has 1 saturated carbocycles. The number of hydrogen-bond donors (Lipinski definition) is 2. The van der Waals surface area contributed by atoms with E-state index in [4.69, 9.17) is 28.7 Å². The average Bonchev–Trinajstić information content (AvgIpc) is 3.30. The number of carbonyl (C=O) groups is 4. The lowest BCUT2D eigenvalue weighted by Crippen LogP contribution is -2.66. The van der Waals surface area contributed by atoms with Crippen LogP contribution in [0.25, 0.3) is 0 Å². The number of cyclic esters (lactones) is 1. The van der Waals surface area contributed by atoms with Crippen LogP contribution in [0.3, 0.4) is 0 Å². The third-order valence-electron chi connectivity index (χ3n) is 14.7. The summed E-state index contributed by atoms with van der Waals surface area (Å²) >= 11 is 0. The van der Waals surface area contributed by atoms with Gasteiger partial charge in [0, 0.05) is 58.5 Å². The third-order valence-corrected chi connectivity index (χ3v) is 14.7. The van der Waals surface area contributed by atoms with Gasteiger partial charge in [0.1, 0.15) is 24.0 Å². The van der Waals surface area contributed by atoms with Crippen LogP contribution in [0.4, 0.5) is 0 Å². The molecule has 1 amide bonds. The number of piperidine rings is 1. The summed E-state index contributed by atoms with van der Waals surface area (Å²) in [4.78, 5) is 63.4. The summed E-state index contributed by atoms with van der Waals surface area (Å²) in [5.74, 6) is -9.03. The Balaban J connectivity index is 1.46. The smallest absolute Gasteiger partial charge is 0.329 e. The summed E-state index contributed by atoms with van der Waals surface area (Å²) in [6.07, 6.45) is 10.6. The molecule has 2 saturated heterocycles. The van der Waals surface area contributed by atoms with Crippen molar-refractivity contribution in [3.63, 3.8) is 0 Å². The highest BCUT2D eigenvalue weighted by Gasteiger charge is 2.59. The van der Waals surface area contributed by atoms with Gasteiger partial charge in [-0.3, -0.25) is 19.4 Å². The number of ketones is 2. The molecule has 13 nitrogen and oxygen atoms in total. The largest absolute Gasteiger partial charge is 0.456 e. The molecule has 3 heterocycles. The molecule has 13 unspecified atom stereocenters. The molecule has 362 valence electrons. The van der Waals surface area contributed by atoms with Gasteiger partial charge in [0.05, 0.1) is 18.2 Å². The Morgan fingerprint density at radius 3 is 2.38 bits per heavy atom. The van der Waals surface area contributed by atoms with Crippen molar-refractivity contribution < 1.29 is 53.1 Å². The van der Waals surface area contributed by atoms with E-state index in [0.29, 0.717) is 56.9 Å². The minimum atomic E-state index is -2.56. The number of benzene rings is 1. The Labute approximate surface area is 387 Å². The number of aliphatic hydroxyl groups is 2. The van der Waals surface area contributed by atoms with E-state index >= 15 is 0 Å². The van der Waals surface area contributed by atoms with Crippen molar-refractivity contribution in [1.82, 2.24) is 4.90 Å². The van der Waals surface area contributed by atoms with E-state index in [-0.39, 0.29) is 49.2 Å². The van der Waals surface area contributed by atoms with Crippen LogP contribution in [-0.2, 0) is 49.3 Å². The van der Waals surface area contributed by atoms with Gasteiger partial charge in [0.2, 0.25) is 5.79 Å². The number of fused-ring (bicyclic) bond motifs is 3. The van der Waals surface area contributed by atoms with E-state index in [1.807, 2.05) is 51.3 Å². The number of hydrogen-bond acceptors (Lipinski definition) is 12. The van der Waals surface area contributed by atoms with E-state index in [9.17, 15) is 29.4 Å². The molecule has 2 bridgehead atoms. The first kappa shape index (κ1) is 52.4. The molecular weight excluding hydrogens is 829 g/mol. The molecule has 13 heteroatoms. The molecule has 13 atom stereocenters. The van der Waals surface area contributed by atoms with Gasteiger partial charge in [0.25, 0.3) is 11.7 Å². The van der Waals surface area contributed by atoms with Crippen molar-refractivity contribution in [2.24, 2.45) is 34.6 Å². The van der Waals surface area contributed by atoms with Crippen LogP contribution in [-0.4, -0.2) is 121 Å². The summed E-state index contributed by atoms with van der Waals surface area (Å²) in [6.45, 7) is 11.4. The molecule has 65 heavy (non-hydrogen) atoms. The second-order valence-electron chi connectivity index (χ2n) is 19.5. The lowest BCUT2D eigenvalue weighted by atomic mass is 9.81. The van der Waals surface area contributed by atoms with Crippen molar-refractivity contribution in [2.75, 3.05) is 27.9 Å². The van der Waals surface area contributed by atoms with E-state index in [1.54, 1.807) is 21.0 Å². The molecule has 4 aliphatic rings. The molecule has 0 aromatic heterocycles. The van der Waals surface area contributed by atoms with Crippen molar-refractivity contribution in [3.8, 4) is 0 Å². The number of aryl methyl sites for hydroxylation is 1. The quantitative estimate of drug-likeness (QED) is 0.103. The normalized spacial score (nSPS) is 36.7. The van der Waals surface area contributed by atoms with E-state index < -0.39 is 71.3 Å². The van der Waals surface area contributed by atoms with Gasteiger partial charge >= 0.3 is 5.97 Å². The molecule has 3 aliphatic heterocycles. The molecule has 5 rings (SSSR count). The summed E-state index contributed by atoms with van der Waals surface area (Å²) in [7, 11) is 4.66. The first-order valence-electron chi connectivity index (χ1n) is 24.2. The fourth-order valence-corrected chi connectivity index (χ4v) is 10.6. The Morgan fingerprint density at radius 1 is 0.969 bits per heavy atom. The first-order valence-corrected chi connectivity index (χ1v) is 24.2. The number of esters is 1. The van der Waals surface area contributed by atoms with Gasteiger partial charge < -0.3 is 38.8 Å². The number of nitrogens with zero attached hydrogens (tertiary/aromatic N) is 2. The van der Waals surface area contributed by atoms with E-state index in [2.05, 4.69) is 25.1 Å². The average molecular weight is 907 g/mol. The predicted molar refractivity (Wildman–Crippen MR) is 249 cm³/mol. The number of amides is 1. The number of methoxy groups -OCH3 is 3. The Bertz CT molecular complexity index is 1850. The molecule has 1 aliphatic carbocycles. The molecule has 0 radical (unpaired) electrons. The maximum atomic E-state index is 14.5. The summed E-state index contributed by atoms with van der Waals surface area (Å²) < 4.78 is 30.6. The predicted octanol–water partition coefficient (Wildman–Crippen LogP) is 7.53. The third kappa shape index (κ3) is 12.9. The van der Waals surface area contributed by atoms with Crippen LogP contribution >= 0.6 is 0 Å². The lowest BCUT2D eigenvalue weighted by molar-refractivity contribution is -0.388. The standard InChI is InChI=1S/C52H78N2O11/c1-10-40-28-33(2)27-34(3)29-46(62-8)51(63-9)24-23-36(5)52(60,65-51)48(57)49(58)54-26-15-14-20-42(54)50(59)64-47(37(6)43(55)32-44(40)56)35(4)30-39-21-22-41(45(31-39)61-7)53-25-16-19-38-17-12-11-13-18-38/h11-13,17-18,25,28,30,34,36-37,39-43,45-47,55,60H,10,14-16,19-24,26-27,29,31-32H2,1-9H3. The number of ether oxygens (including phenoxy) is 5. The Hall–Kier alpha value is -3.59. The lowest BCUT2D eigenvalue weighted by Gasteiger charge is -2.50. The topological polar surface area (TPSA) is 170 Å². The summed E-state index contributed by atoms with van der Waals surface area (Å²) in [6, 6.07) is 9.20. The number of allylic oxidation sites excluding steroid dienone is 3. The molecule has 1 aromatic rings. The van der Waals surface area contributed by atoms with E-state index in [1.165, 1.54) is 24.7 Å². The maximum absolute atomic E-state index is 14.5. The van der Waals surface area contributed by atoms with Crippen LogP contribution in [0.5, 0.6) is 0 Å². The van der Waals surface area contributed by atoms with Crippen LogP contribution in [0.1, 0.15) is 131 Å². The monoisotopic (exact) mass is 907 g/mol. The second-order valence-corrected chi connectivity index (χ2v) is 19.5. The molecule has 3 fully saturated rings. The second kappa shape index (κ2) is 23.9. The maximum Gasteiger partial charge on any atom is 0.329 e. The van der Waals surface area contributed by atoms with Crippen molar-refractivity contribution >= 4 is 29.7 Å². The molecule has 1 aromatic carbocycles. The van der Waals surface area contributed by atoms with Crippen LogP contribution in [0.2, 0.25) is 0 Å². The van der Waals surface area contributed by atoms with Crippen molar-refractivity contribution in [1.29, 1.82) is 0 Å². The van der Waals surface area contributed by atoms with Gasteiger partial charge in [0.15, 0.2) is 5.79 Å². The van der Waals surface area contributed by atoms with E-state index in [0.717, 1.165) is 31.3 Å². The SMILES string of the molecule is CCC1C=C(C)CC(C)CC(OC)C2(OC)CCC(C)C(O)(O2)C(=O)C(=O)N2CCCCC2C(=O)OC(C(C)=CC2CCC(N=CCCc3ccccc3)C(OC)C2)C(C)C(O)CC1=O. The first-order chi connectivity index (χ1) is 31.0. The molecule has 2 N–H and O–H groups in total. The molecule has 0 spiro atoms. The van der Waals surface area contributed by atoms with Gasteiger partial charge in [-0.05, 0) is 120 Å². The number of aliphatic hydroxyl groups excluding tert-OH is 1.